The minimum atomic E-state index is -0.443. The second-order valence-electron chi connectivity index (χ2n) is 18.8. The third kappa shape index (κ3) is 33.0. The molecule has 0 radical (unpaired) electrons. The van der Waals surface area contributed by atoms with Gasteiger partial charge in [-0.3, -0.25) is 0 Å². The van der Waals surface area contributed by atoms with Crippen molar-refractivity contribution in [3.63, 3.8) is 0 Å². The van der Waals surface area contributed by atoms with Crippen molar-refractivity contribution in [3.05, 3.63) is 0 Å². The maximum Gasteiger partial charge on any atom is 0.0700 e. The van der Waals surface area contributed by atoms with Crippen LogP contribution in [0.1, 0.15) is 199 Å². The van der Waals surface area contributed by atoms with E-state index in [1.165, 1.54) is 0 Å². The molecule has 0 atom stereocenters. The third-order valence-electron chi connectivity index (χ3n) is 12.7. The van der Waals surface area contributed by atoms with E-state index in [2.05, 4.69) is 0 Å². The van der Waals surface area contributed by atoms with Crippen LogP contribution in [-0.2, 0) is 9.47 Å². The van der Waals surface area contributed by atoms with Gasteiger partial charge >= 0.3 is 0 Å². The van der Waals surface area contributed by atoms with Crippen molar-refractivity contribution in [2.24, 2.45) is 85.7 Å². The Balaban J connectivity index is 6.00. The van der Waals surface area contributed by atoms with Crippen molar-refractivity contribution in [2.75, 3.05) is 26.4 Å². The Labute approximate surface area is 367 Å². The minimum absolute atomic E-state index is 0.245. The van der Waals surface area contributed by atoms with Gasteiger partial charge in [0.05, 0.1) is 56.8 Å². The molecule has 16 nitrogen and oxygen atoms in total. The standard InChI is InChI=1S/C44H104N14O2/c45-36(46)19-7-1-13-25-42(26-14-2-8-20-37(47)48,44(58,29-17-5-11-23-40(53)54)30-18-6-12-24-41(55)56)35-60-34-33-59-32-31-43(57,27-15-3-9-21-38(49)50)28-16-4-10-22-39(51)52/h36-41H,1-35,45-58H2. The summed E-state index contributed by atoms with van der Waals surface area (Å²) in [5, 5.41) is 0. The van der Waals surface area contributed by atoms with Crippen LogP contribution in [0, 0.1) is 5.41 Å². The van der Waals surface area contributed by atoms with Gasteiger partial charge in [-0.05, 0) is 83.5 Å². The highest BCUT2D eigenvalue weighted by Crippen LogP contribution is 2.46. The lowest BCUT2D eigenvalue weighted by Gasteiger charge is -2.50. The normalized spacial score (nSPS) is 13.2. The Morgan fingerprint density at radius 1 is 0.283 bits per heavy atom. The lowest BCUT2D eigenvalue weighted by Crippen LogP contribution is -2.58. The molecule has 0 aliphatic rings. The average molecular weight is 861 g/mol. The van der Waals surface area contributed by atoms with Crippen LogP contribution in [-0.4, -0.2) is 74.5 Å². The first-order chi connectivity index (χ1) is 28.5. The zero-order valence-electron chi connectivity index (χ0n) is 38.6. The fraction of sp³-hybridized carbons (Fsp3) is 1.00. The summed E-state index contributed by atoms with van der Waals surface area (Å²) in [7, 11) is 0. The van der Waals surface area contributed by atoms with E-state index >= 15 is 0 Å². The van der Waals surface area contributed by atoms with Crippen LogP contribution in [0.5, 0.6) is 0 Å². The predicted molar refractivity (Wildman–Crippen MR) is 254 cm³/mol. The van der Waals surface area contributed by atoms with Crippen molar-refractivity contribution in [3.8, 4) is 0 Å². The zero-order valence-corrected chi connectivity index (χ0v) is 38.6. The topological polar surface area (TPSA) is 383 Å². The van der Waals surface area contributed by atoms with E-state index in [0.717, 1.165) is 199 Å². The molecule has 0 aromatic rings. The smallest absolute Gasteiger partial charge is 0.0700 e. The van der Waals surface area contributed by atoms with Crippen molar-refractivity contribution in [1.82, 2.24) is 0 Å². The van der Waals surface area contributed by atoms with E-state index in [9.17, 15) is 0 Å². The molecule has 60 heavy (non-hydrogen) atoms. The van der Waals surface area contributed by atoms with Gasteiger partial charge in [0.1, 0.15) is 0 Å². The van der Waals surface area contributed by atoms with E-state index in [1.807, 2.05) is 0 Å². The molecular weight excluding hydrogens is 757 g/mol. The molecule has 362 valence electrons. The van der Waals surface area contributed by atoms with Gasteiger partial charge in [0, 0.05) is 23.1 Å². The van der Waals surface area contributed by atoms with Gasteiger partial charge in [0.25, 0.3) is 0 Å². The van der Waals surface area contributed by atoms with Crippen molar-refractivity contribution in [1.29, 1.82) is 0 Å². The Kier molecular flexibility index (Phi) is 36.3. The average Bonchev–Trinajstić information content (AvgIpc) is 3.15. The summed E-state index contributed by atoms with van der Waals surface area (Å²) in [5.41, 5.74) is 84.2. The van der Waals surface area contributed by atoms with Gasteiger partial charge in [-0.15, -0.1) is 0 Å². The van der Waals surface area contributed by atoms with E-state index < -0.39 is 5.54 Å². The van der Waals surface area contributed by atoms with Gasteiger partial charge in [0.2, 0.25) is 0 Å². The zero-order chi connectivity index (χ0) is 45.1. The number of hydrogen-bond acceptors (Lipinski definition) is 16. The van der Waals surface area contributed by atoms with Crippen molar-refractivity contribution in [2.45, 2.75) is 247 Å². The maximum absolute atomic E-state index is 7.82. The van der Waals surface area contributed by atoms with Gasteiger partial charge in [-0.1, -0.05) is 116 Å². The predicted octanol–water partition coefficient (Wildman–Crippen LogP) is 2.96. The number of nitrogens with two attached hydrogens (primary N) is 14. The van der Waals surface area contributed by atoms with Crippen LogP contribution in [0.15, 0.2) is 0 Å². The lowest BCUT2D eigenvalue weighted by atomic mass is 9.60. The van der Waals surface area contributed by atoms with Crippen LogP contribution < -0.4 is 80.3 Å². The first kappa shape index (κ1) is 59.4. The molecule has 0 saturated heterocycles. The van der Waals surface area contributed by atoms with E-state index in [-0.39, 0.29) is 47.9 Å². The number of unbranched alkanes of at least 4 members (excludes halogenated alkanes) is 12. The van der Waals surface area contributed by atoms with Gasteiger partial charge in [-0.25, -0.2) is 0 Å². The Bertz CT molecular complexity index is 891. The monoisotopic (exact) mass is 861 g/mol. The van der Waals surface area contributed by atoms with Gasteiger partial charge in [-0.2, -0.15) is 0 Å². The highest BCUT2D eigenvalue weighted by molar-refractivity contribution is 5.03. The molecule has 0 aliphatic heterocycles. The summed E-state index contributed by atoms with van der Waals surface area (Å²) in [6.07, 6.45) is 28.0. The molecule has 0 aliphatic carbocycles. The molecule has 0 aromatic heterocycles. The Morgan fingerprint density at radius 3 is 0.883 bits per heavy atom. The van der Waals surface area contributed by atoms with E-state index in [0.29, 0.717) is 26.4 Å². The Morgan fingerprint density at radius 2 is 0.567 bits per heavy atom. The Hall–Kier alpha value is -0.640. The highest BCUT2D eigenvalue weighted by atomic mass is 16.5. The summed E-state index contributed by atoms with van der Waals surface area (Å²) in [4.78, 5) is 0. The summed E-state index contributed by atoms with van der Waals surface area (Å²) < 4.78 is 12.9. The van der Waals surface area contributed by atoms with Gasteiger partial charge < -0.3 is 89.7 Å². The van der Waals surface area contributed by atoms with Gasteiger partial charge in [0.15, 0.2) is 0 Å². The number of ether oxygens (including phenoxy) is 2. The molecule has 0 spiro atoms. The third-order valence-corrected chi connectivity index (χ3v) is 12.7. The minimum Gasteiger partial charge on any atom is -0.379 e. The molecule has 16 heteroatoms. The molecule has 0 unspecified atom stereocenters. The summed E-state index contributed by atoms with van der Waals surface area (Å²) >= 11 is 0. The first-order valence-corrected chi connectivity index (χ1v) is 24.3. The van der Waals surface area contributed by atoms with Crippen LogP contribution >= 0.6 is 0 Å². The highest BCUT2D eigenvalue weighted by Gasteiger charge is 2.47. The molecule has 0 bridgehead atoms. The van der Waals surface area contributed by atoms with E-state index in [4.69, 9.17) is 89.7 Å². The van der Waals surface area contributed by atoms with Crippen molar-refractivity contribution >= 4 is 0 Å². The number of rotatable bonds is 45. The molecule has 0 fully saturated rings. The fourth-order valence-electron chi connectivity index (χ4n) is 8.81. The molecule has 0 amide bonds. The van der Waals surface area contributed by atoms with Crippen LogP contribution in [0.2, 0.25) is 0 Å². The summed E-state index contributed by atoms with van der Waals surface area (Å²) in [6, 6.07) is 0. The molecule has 0 heterocycles. The van der Waals surface area contributed by atoms with Crippen LogP contribution in [0.3, 0.4) is 0 Å². The van der Waals surface area contributed by atoms with Crippen molar-refractivity contribution < 1.29 is 9.47 Å². The second-order valence-corrected chi connectivity index (χ2v) is 18.8. The van der Waals surface area contributed by atoms with Crippen LogP contribution in [0.25, 0.3) is 0 Å². The largest absolute Gasteiger partial charge is 0.379 e. The fourth-order valence-corrected chi connectivity index (χ4v) is 8.81. The molecular formula is C44H104N14O2. The first-order valence-electron chi connectivity index (χ1n) is 24.3. The number of hydrogen-bond donors (Lipinski definition) is 14. The quantitative estimate of drug-likeness (QED) is 0.0309. The lowest BCUT2D eigenvalue weighted by molar-refractivity contribution is -0.0482. The maximum atomic E-state index is 7.82. The van der Waals surface area contributed by atoms with E-state index in [1.54, 1.807) is 0 Å². The van der Waals surface area contributed by atoms with Crippen LogP contribution in [0.4, 0.5) is 0 Å². The second kappa shape index (κ2) is 36.7. The molecule has 0 aromatic carbocycles. The molecule has 28 N–H and O–H groups in total. The summed E-state index contributed by atoms with van der Waals surface area (Å²) in [5.74, 6) is 0. The molecule has 0 rings (SSSR count). The molecule has 0 saturated carbocycles. The SMILES string of the molecule is NC(N)CCCCCC(N)(CCCCCC(N)N)CCOCCOCC(CCCCCC(N)N)(CCCCCC(N)N)C(N)(CCCCCC(N)N)CCCCCC(N)N. The summed E-state index contributed by atoms with van der Waals surface area (Å²) in [6.45, 7) is 2.13.